The lowest BCUT2D eigenvalue weighted by Gasteiger charge is -2.34. The number of amides is 2. The number of nitrogens with one attached hydrogen (secondary N) is 3. The first-order chi connectivity index (χ1) is 19.6. The Balaban J connectivity index is 1.27. The normalized spacial score (nSPS) is 22.2. The van der Waals surface area contributed by atoms with E-state index in [-0.39, 0.29) is 36.4 Å². The fourth-order valence-corrected chi connectivity index (χ4v) is 8.15. The number of sulfonamides is 1. The number of rotatable bonds is 8. The van der Waals surface area contributed by atoms with E-state index in [2.05, 4.69) is 34.1 Å². The van der Waals surface area contributed by atoms with Crippen LogP contribution < -0.4 is 16.0 Å². The van der Waals surface area contributed by atoms with Crippen LogP contribution >= 0.6 is 11.6 Å². The number of carbonyl (C=O) groups is 2. The Kier molecular flexibility index (Phi) is 9.35. The Morgan fingerprint density at radius 1 is 1.12 bits per heavy atom. The van der Waals surface area contributed by atoms with Crippen molar-refractivity contribution in [3.8, 4) is 0 Å². The number of aryl methyl sites for hydroxylation is 3. The fourth-order valence-electron chi connectivity index (χ4n) is 6.05. The summed E-state index contributed by atoms with van der Waals surface area (Å²) < 4.78 is 34.0. The molecule has 11 heteroatoms. The summed E-state index contributed by atoms with van der Waals surface area (Å²) in [6.07, 6.45) is 4.47. The van der Waals surface area contributed by atoms with E-state index in [4.69, 9.17) is 16.3 Å². The Bertz CT molecular complexity index is 1410. The molecular formula is C30H39ClN4O5S. The smallest absolute Gasteiger partial charge is 0.244 e. The molecule has 41 heavy (non-hydrogen) atoms. The number of hydrogen-bond acceptors (Lipinski definition) is 6. The van der Waals surface area contributed by atoms with Gasteiger partial charge in [0.2, 0.25) is 21.8 Å². The van der Waals surface area contributed by atoms with Gasteiger partial charge in [0.25, 0.3) is 0 Å². The van der Waals surface area contributed by atoms with Crippen LogP contribution in [0, 0.1) is 13.8 Å². The molecule has 3 N–H and O–H groups in total. The van der Waals surface area contributed by atoms with Gasteiger partial charge in [-0.15, -0.1) is 0 Å². The zero-order chi connectivity index (χ0) is 29.1. The van der Waals surface area contributed by atoms with E-state index in [1.165, 1.54) is 17.2 Å². The van der Waals surface area contributed by atoms with Crippen molar-refractivity contribution in [2.75, 3.05) is 26.3 Å². The lowest BCUT2D eigenvalue weighted by molar-refractivity contribution is -0.132. The summed E-state index contributed by atoms with van der Waals surface area (Å²) in [5.74, 6) is -0.816. The van der Waals surface area contributed by atoms with Crippen LogP contribution in [-0.2, 0) is 37.3 Å². The molecule has 2 atom stereocenters. The van der Waals surface area contributed by atoms with Gasteiger partial charge in [0.05, 0.1) is 17.4 Å². The zero-order valence-corrected chi connectivity index (χ0v) is 25.2. The average molecular weight is 603 g/mol. The van der Waals surface area contributed by atoms with Crippen molar-refractivity contribution >= 4 is 33.4 Å². The van der Waals surface area contributed by atoms with Crippen LogP contribution in [0.15, 0.2) is 35.2 Å². The van der Waals surface area contributed by atoms with Gasteiger partial charge in [-0.05, 0) is 85.9 Å². The number of halogens is 1. The standard InChI is InChI=1S/C30H39ClN4O5S/c1-19-15-28(20(2)14-25(19)31)41(38,39)35-11-10-32-30(37)27(35)17-29(36)34-26-5-3-4-22-16-21(6-7-24(22)26)18-33-23-8-12-40-13-9-23/h6-7,14-16,23,26-27,33H,3-5,8-13,17-18H2,1-2H3,(H,32,37)(H,34,36)/t26-,27-/m1/s1. The summed E-state index contributed by atoms with van der Waals surface area (Å²) in [6.45, 7) is 6.08. The maximum Gasteiger partial charge on any atom is 0.244 e. The molecule has 2 fully saturated rings. The number of ether oxygens (including phenoxy) is 1. The third-order valence-corrected chi connectivity index (χ3v) is 10.8. The van der Waals surface area contributed by atoms with Crippen molar-refractivity contribution in [3.63, 3.8) is 0 Å². The van der Waals surface area contributed by atoms with Crippen LogP contribution in [0.2, 0.25) is 5.02 Å². The van der Waals surface area contributed by atoms with Crippen LogP contribution in [0.1, 0.15) is 66.0 Å². The second-order valence-corrected chi connectivity index (χ2v) is 13.6. The van der Waals surface area contributed by atoms with Gasteiger partial charge in [-0.2, -0.15) is 4.31 Å². The lowest BCUT2D eigenvalue weighted by atomic mass is 9.86. The van der Waals surface area contributed by atoms with Gasteiger partial charge in [0.1, 0.15) is 6.04 Å². The van der Waals surface area contributed by atoms with Crippen molar-refractivity contribution in [2.45, 2.75) is 81.9 Å². The number of fused-ring (bicyclic) bond motifs is 1. The second-order valence-electron chi connectivity index (χ2n) is 11.3. The number of hydrogen-bond donors (Lipinski definition) is 3. The minimum absolute atomic E-state index is 0.0874. The Morgan fingerprint density at radius 2 is 1.90 bits per heavy atom. The third kappa shape index (κ3) is 6.78. The molecule has 2 aromatic carbocycles. The minimum Gasteiger partial charge on any atom is -0.381 e. The van der Waals surface area contributed by atoms with Crippen LogP contribution in [-0.4, -0.2) is 62.9 Å². The highest BCUT2D eigenvalue weighted by Crippen LogP contribution is 2.32. The van der Waals surface area contributed by atoms with Crippen molar-refractivity contribution in [3.05, 3.63) is 63.2 Å². The van der Waals surface area contributed by atoms with E-state index in [0.29, 0.717) is 22.2 Å². The largest absolute Gasteiger partial charge is 0.381 e. The monoisotopic (exact) mass is 602 g/mol. The summed E-state index contributed by atoms with van der Waals surface area (Å²) >= 11 is 6.19. The van der Waals surface area contributed by atoms with Crippen molar-refractivity contribution < 1.29 is 22.7 Å². The number of piperazine rings is 1. The quantitative estimate of drug-likeness (QED) is 0.427. The van der Waals surface area contributed by atoms with E-state index >= 15 is 0 Å². The van der Waals surface area contributed by atoms with Crippen molar-refractivity contribution in [2.24, 2.45) is 0 Å². The van der Waals surface area contributed by atoms with Crippen LogP contribution in [0.3, 0.4) is 0 Å². The first-order valence-corrected chi connectivity index (χ1v) is 16.2. The third-order valence-electron chi connectivity index (χ3n) is 8.38. The highest BCUT2D eigenvalue weighted by Gasteiger charge is 2.40. The summed E-state index contributed by atoms with van der Waals surface area (Å²) in [5, 5.41) is 9.93. The van der Waals surface area contributed by atoms with E-state index in [1.807, 2.05) is 0 Å². The van der Waals surface area contributed by atoms with E-state index in [1.54, 1.807) is 19.9 Å². The fraction of sp³-hybridized carbons (Fsp3) is 0.533. The molecule has 0 spiro atoms. The highest BCUT2D eigenvalue weighted by atomic mass is 35.5. The van der Waals surface area contributed by atoms with Crippen LogP contribution in [0.25, 0.3) is 0 Å². The lowest BCUT2D eigenvalue weighted by Crippen LogP contribution is -2.58. The molecule has 9 nitrogen and oxygen atoms in total. The minimum atomic E-state index is -4.04. The molecule has 0 radical (unpaired) electrons. The molecule has 1 aliphatic carbocycles. The van der Waals surface area contributed by atoms with Gasteiger partial charge in [-0.1, -0.05) is 29.8 Å². The number of benzene rings is 2. The second kappa shape index (κ2) is 12.8. The number of carbonyl (C=O) groups excluding carboxylic acids is 2. The molecule has 2 aliphatic heterocycles. The van der Waals surface area contributed by atoms with E-state index in [0.717, 1.165) is 61.7 Å². The summed E-state index contributed by atoms with van der Waals surface area (Å²) in [7, 11) is -4.04. The topological polar surface area (TPSA) is 117 Å². The average Bonchev–Trinajstić information content (AvgIpc) is 2.95. The Morgan fingerprint density at radius 3 is 2.68 bits per heavy atom. The summed E-state index contributed by atoms with van der Waals surface area (Å²) in [6, 6.07) is 8.72. The molecule has 3 aliphatic rings. The molecule has 0 saturated carbocycles. The van der Waals surface area contributed by atoms with Gasteiger partial charge >= 0.3 is 0 Å². The van der Waals surface area contributed by atoms with Crippen molar-refractivity contribution in [1.29, 1.82) is 0 Å². The van der Waals surface area contributed by atoms with Crippen molar-refractivity contribution in [1.82, 2.24) is 20.3 Å². The maximum atomic E-state index is 13.7. The zero-order valence-electron chi connectivity index (χ0n) is 23.7. The molecule has 5 rings (SSSR count). The molecule has 0 bridgehead atoms. The van der Waals surface area contributed by atoms with Crippen LogP contribution in [0.4, 0.5) is 0 Å². The van der Waals surface area contributed by atoms with Gasteiger partial charge in [-0.3, -0.25) is 9.59 Å². The molecule has 2 aromatic rings. The summed E-state index contributed by atoms with van der Waals surface area (Å²) in [4.78, 5) is 26.3. The SMILES string of the molecule is Cc1cc(S(=O)(=O)N2CCNC(=O)[C@H]2CC(=O)N[C@@H]2CCCc3cc(CNC4CCOCC4)ccc32)c(C)cc1Cl. The molecule has 2 heterocycles. The Hall–Kier alpha value is -2.50. The predicted octanol–water partition coefficient (Wildman–Crippen LogP) is 3.30. The number of nitrogens with zero attached hydrogens (tertiary/aromatic N) is 1. The maximum absolute atomic E-state index is 13.7. The molecule has 0 aromatic heterocycles. The van der Waals surface area contributed by atoms with E-state index < -0.39 is 22.0 Å². The Labute approximate surface area is 247 Å². The van der Waals surface area contributed by atoms with Gasteiger partial charge in [-0.25, -0.2) is 8.42 Å². The first kappa shape index (κ1) is 30.0. The van der Waals surface area contributed by atoms with Gasteiger partial charge in [0.15, 0.2) is 0 Å². The van der Waals surface area contributed by atoms with Crippen LogP contribution in [0.5, 0.6) is 0 Å². The molecule has 2 amide bonds. The first-order valence-electron chi connectivity index (χ1n) is 14.4. The molecule has 222 valence electrons. The molecule has 0 unspecified atom stereocenters. The molecular weight excluding hydrogens is 564 g/mol. The predicted molar refractivity (Wildman–Crippen MR) is 157 cm³/mol. The van der Waals surface area contributed by atoms with Gasteiger partial charge < -0.3 is 20.7 Å². The summed E-state index contributed by atoms with van der Waals surface area (Å²) in [5.41, 5.74) is 4.65. The molecule has 2 saturated heterocycles. The van der Waals surface area contributed by atoms with Gasteiger partial charge in [0, 0.05) is 43.9 Å². The van der Waals surface area contributed by atoms with E-state index in [9.17, 15) is 18.0 Å². The highest BCUT2D eigenvalue weighted by molar-refractivity contribution is 7.89.